The zero-order valence-corrected chi connectivity index (χ0v) is 11.9. The molecule has 0 radical (unpaired) electrons. The van der Waals surface area contributed by atoms with Crippen LogP contribution in [0.4, 0.5) is 0 Å². The minimum atomic E-state index is 0.0635. The molecule has 2 heterocycles. The molecular weight excluding hydrogens is 224 g/mol. The van der Waals surface area contributed by atoms with Gasteiger partial charge in [0.2, 0.25) is 0 Å². The second-order valence-electron chi connectivity index (χ2n) is 5.80. The summed E-state index contributed by atoms with van der Waals surface area (Å²) in [6.07, 6.45) is 5.51. The summed E-state index contributed by atoms with van der Waals surface area (Å²) in [6, 6.07) is 2.62. The van der Waals surface area contributed by atoms with E-state index >= 15 is 0 Å². The number of hydrogen-bond donors (Lipinski definition) is 1. The molecule has 18 heavy (non-hydrogen) atoms. The van der Waals surface area contributed by atoms with Gasteiger partial charge in [-0.3, -0.25) is 9.58 Å². The van der Waals surface area contributed by atoms with Gasteiger partial charge in [-0.2, -0.15) is 5.10 Å². The quantitative estimate of drug-likeness (QED) is 0.841. The third-order valence-electron chi connectivity index (χ3n) is 3.92. The predicted octanol–water partition coefficient (Wildman–Crippen LogP) is 2.17. The van der Waals surface area contributed by atoms with Crippen molar-refractivity contribution in [2.75, 3.05) is 13.1 Å². The summed E-state index contributed by atoms with van der Waals surface area (Å²) in [5.74, 6) is 0. The van der Waals surface area contributed by atoms with Crippen LogP contribution in [0.2, 0.25) is 0 Å². The summed E-state index contributed by atoms with van der Waals surface area (Å²) in [4.78, 5) is 2.39. The van der Waals surface area contributed by atoms with Gasteiger partial charge in [-0.25, -0.2) is 0 Å². The Hall–Kier alpha value is -0.870. The van der Waals surface area contributed by atoms with Crippen LogP contribution in [-0.4, -0.2) is 33.3 Å². The third kappa shape index (κ3) is 2.93. The maximum absolute atomic E-state index is 6.27. The van der Waals surface area contributed by atoms with E-state index in [0.29, 0.717) is 6.04 Å². The van der Waals surface area contributed by atoms with Crippen LogP contribution >= 0.6 is 0 Å². The highest BCUT2D eigenvalue weighted by Gasteiger charge is 2.38. The van der Waals surface area contributed by atoms with Crippen molar-refractivity contribution in [3.8, 4) is 0 Å². The summed E-state index contributed by atoms with van der Waals surface area (Å²) < 4.78 is 2.07. The van der Waals surface area contributed by atoms with Crippen LogP contribution in [0.15, 0.2) is 12.3 Å². The van der Waals surface area contributed by atoms with Gasteiger partial charge in [-0.1, -0.05) is 20.3 Å². The molecule has 1 aliphatic rings. The molecule has 0 bridgehead atoms. The average molecular weight is 250 g/mol. The van der Waals surface area contributed by atoms with Gasteiger partial charge in [0.1, 0.15) is 0 Å². The lowest BCUT2D eigenvalue weighted by Gasteiger charge is -2.47. The lowest BCUT2D eigenvalue weighted by Crippen LogP contribution is -2.66. The van der Waals surface area contributed by atoms with Crippen LogP contribution in [0.5, 0.6) is 0 Å². The fourth-order valence-corrected chi connectivity index (χ4v) is 2.74. The Kier molecular flexibility index (Phi) is 4.07. The summed E-state index contributed by atoms with van der Waals surface area (Å²) in [6.45, 7) is 9.55. The molecule has 4 nitrogen and oxygen atoms in total. The SMILES string of the molecule is CCCC1(N)CN(Cc2ccn(C(C)CC)n2)C1. The van der Waals surface area contributed by atoms with Crippen molar-refractivity contribution in [3.05, 3.63) is 18.0 Å². The first-order valence-corrected chi connectivity index (χ1v) is 7.11. The predicted molar refractivity (Wildman–Crippen MR) is 74.3 cm³/mol. The number of hydrogen-bond acceptors (Lipinski definition) is 3. The Labute approximate surface area is 110 Å². The van der Waals surface area contributed by atoms with Gasteiger partial charge in [0.05, 0.1) is 5.69 Å². The van der Waals surface area contributed by atoms with Gasteiger partial charge < -0.3 is 5.73 Å². The standard InChI is InChI=1S/C14H26N4/c1-4-7-14(15)10-17(11-14)9-13-6-8-18(16-13)12(3)5-2/h6,8,12H,4-5,7,9-11,15H2,1-3H3. The molecule has 0 aliphatic carbocycles. The van der Waals surface area contributed by atoms with Gasteiger partial charge in [0.15, 0.2) is 0 Å². The van der Waals surface area contributed by atoms with Gasteiger partial charge in [0, 0.05) is 37.4 Å². The maximum Gasteiger partial charge on any atom is 0.0764 e. The zero-order valence-electron chi connectivity index (χ0n) is 11.9. The molecule has 1 saturated heterocycles. The van der Waals surface area contributed by atoms with Gasteiger partial charge in [0.25, 0.3) is 0 Å². The van der Waals surface area contributed by atoms with E-state index in [0.717, 1.165) is 38.2 Å². The van der Waals surface area contributed by atoms with Crippen molar-refractivity contribution in [3.63, 3.8) is 0 Å². The van der Waals surface area contributed by atoms with Gasteiger partial charge >= 0.3 is 0 Å². The first-order valence-electron chi connectivity index (χ1n) is 7.11. The van der Waals surface area contributed by atoms with Crippen molar-refractivity contribution >= 4 is 0 Å². The van der Waals surface area contributed by atoms with Crippen molar-refractivity contribution in [2.24, 2.45) is 5.73 Å². The van der Waals surface area contributed by atoms with E-state index in [9.17, 15) is 0 Å². The molecule has 0 amide bonds. The zero-order chi connectivity index (χ0) is 13.2. The highest BCUT2D eigenvalue weighted by atomic mass is 15.3. The number of nitrogens with two attached hydrogens (primary N) is 1. The molecule has 1 aromatic rings. The minimum Gasteiger partial charge on any atom is -0.323 e. The topological polar surface area (TPSA) is 47.1 Å². The van der Waals surface area contributed by atoms with Crippen molar-refractivity contribution < 1.29 is 0 Å². The molecule has 1 unspecified atom stereocenters. The Morgan fingerprint density at radius 3 is 2.78 bits per heavy atom. The second kappa shape index (κ2) is 5.41. The van der Waals surface area contributed by atoms with Gasteiger partial charge in [-0.05, 0) is 25.8 Å². The number of likely N-dealkylation sites (tertiary alicyclic amines) is 1. The highest BCUT2D eigenvalue weighted by Crippen LogP contribution is 2.24. The number of nitrogens with zero attached hydrogens (tertiary/aromatic N) is 3. The monoisotopic (exact) mass is 250 g/mol. The molecule has 2 N–H and O–H groups in total. The summed E-state index contributed by atoms with van der Waals surface area (Å²) in [5, 5.41) is 4.63. The van der Waals surface area contributed by atoms with E-state index in [2.05, 4.69) is 47.7 Å². The Bertz CT molecular complexity index is 379. The minimum absolute atomic E-state index is 0.0635. The van der Waals surface area contributed by atoms with Crippen LogP contribution < -0.4 is 5.73 Å². The summed E-state index contributed by atoms with van der Waals surface area (Å²) >= 11 is 0. The van der Waals surface area contributed by atoms with Gasteiger partial charge in [-0.15, -0.1) is 0 Å². The van der Waals surface area contributed by atoms with E-state index < -0.39 is 0 Å². The number of rotatable bonds is 6. The molecule has 0 aromatic carbocycles. The van der Waals surface area contributed by atoms with E-state index in [-0.39, 0.29) is 5.54 Å². The maximum atomic E-state index is 6.27. The van der Waals surface area contributed by atoms with E-state index in [4.69, 9.17) is 5.73 Å². The molecule has 1 fully saturated rings. The molecule has 0 saturated carbocycles. The molecule has 1 aliphatic heterocycles. The van der Waals surface area contributed by atoms with E-state index in [1.807, 2.05) is 0 Å². The molecule has 2 rings (SSSR count). The van der Waals surface area contributed by atoms with Crippen molar-refractivity contribution in [1.82, 2.24) is 14.7 Å². The average Bonchev–Trinajstić information content (AvgIpc) is 2.75. The van der Waals surface area contributed by atoms with Crippen LogP contribution in [0.25, 0.3) is 0 Å². The molecular formula is C14H26N4. The van der Waals surface area contributed by atoms with Crippen LogP contribution in [0, 0.1) is 0 Å². The number of aromatic nitrogens is 2. The van der Waals surface area contributed by atoms with Crippen LogP contribution in [0.3, 0.4) is 0 Å². The summed E-state index contributed by atoms with van der Waals surface area (Å²) in [5.41, 5.74) is 7.49. The van der Waals surface area contributed by atoms with Crippen LogP contribution in [0.1, 0.15) is 51.8 Å². The lowest BCUT2D eigenvalue weighted by atomic mass is 9.86. The second-order valence-corrected chi connectivity index (χ2v) is 5.80. The fourth-order valence-electron chi connectivity index (χ4n) is 2.74. The van der Waals surface area contributed by atoms with E-state index in [1.165, 1.54) is 6.42 Å². The Balaban J connectivity index is 1.83. The molecule has 4 heteroatoms. The lowest BCUT2D eigenvalue weighted by molar-refractivity contribution is 0.0554. The third-order valence-corrected chi connectivity index (χ3v) is 3.92. The molecule has 102 valence electrons. The fraction of sp³-hybridized carbons (Fsp3) is 0.786. The largest absolute Gasteiger partial charge is 0.323 e. The molecule has 1 atom stereocenters. The normalized spacial score (nSPS) is 20.7. The Morgan fingerprint density at radius 1 is 1.44 bits per heavy atom. The first-order chi connectivity index (χ1) is 8.56. The van der Waals surface area contributed by atoms with E-state index in [1.54, 1.807) is 0 Å². The molecule has 0 spiro atoms. The highest BCUT2D eigenvalue weighted by molar-refractivity contribution is 5.05. The Morgan fingerprint density at radius 2 is 2.17 bits per heavy atom. The van der Waals surface area contributed by atoms with Crippen molar-refractivity contribution in [1.29, 1.82) is 0 Å². The first kappa shape index (κ1) is 13.6. The van der Waals surface area contributed by atoms with Crippen molar-refractivity contribution in [2.45, 2.75) is 58.2 Å². The smallest absolute Gasteiger partial charge is 0.0764 e. The molecule has 1 aromatic heterocycles. The summed E-state index contributed by atoms with van der Waals surface area (Å²) in [7, 11) is 0. The van der Waals surface area contributed by atoms with Crippen LogP contribution in [-0.2, 0) is 6.54 Å².